The van der Waals surface area contributed by atoms with E-state index in [2.05, 4.69) is 4.98 Å². The zero-order valence-corrected chi connectivity index (χ0v) is 25.3. The average Bonchev–Trinajstić information content (AvgIpc) is 3.57. The molecule has 2 fully saturated rings. The molecule has 3 heterocycles. The number of halogens is 6. The first-order chi connectivity index (χ1) is 22.0. The number of aromatic carboxylic acids is 1. The van der Waals surface area contributed by atoms with E-state index >= 15 is 0 Å². The highest BCUT2D eigenvalue weighted by molar-refractivity contribution is 5.89. The number of ether oxygens (including phenoxy) is 1. The van der Waals surface area contributed by atoms with Gasteiger partial charge in [0.15, 0.2) is 0 Å². The normalized spacial score (nSPS) is 19.6. The molecule has 0 unspecified atom stereocenters. The number of nitrogens with zero attached hydrogens (tertiary/aromatic N) is 2. The molecule has 1 aromatic heterocycles. The third-order valence-corrected chi connectivity index (χ3v) is 8.88. The number of benzene rings is 3. The van der Waals surface area contributed by atoms with Crippen LogP contribution in [-0.2, 0) is 17.1 Å². The van der Waals surface area contributed by atoms with Crippen molar-refractivity contribution in [2.75, 3.05) is 0 Å². The summed E-state index contributed by atoms with van der Waals surface area (Å²) >= 11 is 0. The number of rotatable bonds is 5. The maximum atomic E-state index is 13.6. The van der Waals surface area contributed by atoms with Gasteiger partial charge in [-0.3, -0.25) is 9.88 Å². The van der Waals surface area contributed by atoms with Crippen molar-refractivity contribution in [2.24, 2.45) is 0 Å². The molecule has 3 atom stereocenters. The third kappa shape index (κ3) is 5.92. The molecule has 4 aromatic rings. The maximum absolute atomic E-state index is 13.6. The number of cyclic esters (lactones) is 1. The summed E-state index contributed by atoms with van der Waals surface area (Å²) in [7, 11) is 0. The molecule has 6 nitrogen and oxygen atoms in total. The lowest BCUT2D eigenvalue weighted by molar-refractivity contribution is -0.143. The van der Waals surface area contributed by atoms with Crippen molar-refractivity contribution in [1.29, 1.82) is 0 Å². The van der Waals surface area contributed by atoms with Gasteiger partial charge < -0.3 is 9.84 Å². The number of pyridine rings is 1. The Hall–Kier alpha value is -4.87. The van der Waals surface area contributed by atoms with Crippen LogP contribution in [0.3, 0.4) is 0 Å². The molecule has 1 amide bonds. The fraction of sp³-hybridized carbons (Fsp3) is 0.286. The number of amides is 1. The maximum Gasteiger partial charge on any atom is 0.416 e. The highest BCUT2D eigenvalue weighted by Crippen LogP contribution is 2.50. The molecule has 0 bridgehead atoms. The van der Waals surface area contributed by atoms with Gasteiger partial charge in [-0.15, -0.1) is 0 Å². The minimum absolute atomic E-state index is 0.0566. The second-order valence-electron chi connectivity index (χ2n) is 12.0. The van der Waals surface area contributed by atoms with E-state index in [0.717, 1.165) is 38.9 Å². The first-order valence-electron chi connectivity index (χ1n) is 14.7. The van der Waals surface area contributed by atoms with Crippen LogP contribution in [0.25, 0.3) is 22.3 Å². The van der Waals surface area contributed by atoms with Gasteiger partial charge in [0.1, 0.15) is 6.10 Å². The smallest absolute Gasteiger partial charge is 0.416 e. The van der Waals surface area contributed by atoms with Crippen LogP contribution in [0.4, 0.5) is 31.1 Å². The number of carbonyl (C=O) groups is 2. The summed E-state index contributed by atoms with van der Waals surface area (Å²) in [5.41, 5.74) is 2.90. The summed E-state index contributed by atoms with van der Waals surface area (Å²) in [6, 6.07) is 12.4. The molecular weight excluding hydrogens is 626 g/mol. The first-order valence-corrected chi connectivity index (χ1v) is 14.7. The van der Waals surface area contributed by atoms with Crippen molar-refractivity contribution in [1.82, 2.24) is 9.88 Å². The number of aromatic nitrogens is 1. The van der Waals surface area contributed by atoms with Gasteiger partial charge >= 0.3 is 24.4 Å². The Bertz CT molecular complexity index is 1890. The van der Waals surface area contributed by atoms with Crippen molar-refractivity contribution in [3.05, 3.63) is 111 Å². The number of carboxylic acids is 1. The fourth-order valence-corrected chi connectivity index (χ4v) is 6.66. The predicted molar refractivity (Wildman–Crippen MR) is 160 cm³/mol. The average molecular weight is 655 g/mol. The Labute approximate surface area is 265 Å². The zero-order valence-electron chi connectivity index (χ0n) is 25.3. The summed E-state index contributed by atoms with van der Waals surface area (Å²) in [6.45, 7) is 5.50. The molecule has 2 saturated heterocycles. The monoisotopic (exact) mass is 654 g/mol. The highest BCUT2D eigenvalue weighted by Gasteiger charge is 2.51. The van der Waals surface area contributed by atoms with E-state index in [9.17, 15) is 41.0 Å². The summed E-state index contributed by atoms with van der Waals surface area (Å²) in [5.74, 6) is -1.04. The minimum atomic E-state index is -5.04. The van der Waals surface area contributed by atoms with Crippen molar-refractivity contribution in [2.45, 2.75) is 64.2 Å². The lowest BCUT2D eigenvalue weighted by atomic mass is 9.89. The zero-order chi connectivity index (χ0) is 34.0. The van der Waals surface area contributed by atoms with Crippen molar-refractivity contribution >= 4 is 12.1 Å². The molecule has 0 aliphatic carbocycles. The number of hydrogen-bond donors (Lipinski definition) is 1. The molecule has 3 aromatic carbocycles. The van der Waals surface area contributed by atoms with Crippen LogP contribution in [0.5, 0.6) is 0 Å². The van der Waals surface area contributed by atoms with E-state index in [1.54, 1.807) is 25.3 Å². The Morgan fingerprint density at radius 3 is 2.13 bits per heavy atom. The number of carboxylic acid groups (broad SMARTS) is 1. The van der Waals surface area contributed by atoms with Crippen LogP contribution in [0, 0.1) is 20.8 Å². The summed E-state index contributed by atoms with van der Waals surface area (Å²) in [6.07, 6.45) is -9.84. The number of fused-ring (bicyclic) bond motifs is 1. The van der Waals surface area contributed by atoms with Gasteiger partial charge in [0, 0.05) is 23.0 Å². The number of alkyl halides is 6. The fourth-order valence-electron chi connectivity index (χ4n) is 6.66. The quantitative estimate of drug-likeness (QED) is 0.217. The topological polar surface area (TPSA) is 79.7 Å². The largest absolute Gasteiger partial charge is 0.478 e. The van der Waals surface area contributed by atoms with Crippen LogP contribution in [0.1, 0.15) is 74.4 Å². The van der Waals surface area contributed by atoms with Gasteiger partial charge in [0.25, 0.3) is 0 Å². The van der Waals surface area contributed by atoms with Crippen molar-refractivity contribution in [3.63, 3.8) is 0 Å². The van der Waals surface area contributed by atoms with Gasteiger partial charge in [-0.2, -0.15) is 26.3 Å². The lowest BCUT2D eigenvalue weighted by Gasteiger charge is -2.26. The molecule has 0 spiro atoms. The highest BCUT2D eigenvalue weighted by atomic mass is 19.4. The second kappa shape index (κ2) is 11.4. The van der Waals surface area contributed by atoms with Gasteiger partial charge in [0.05, 0.1) is 28.8 Å². The van der Waals surface area contributed by atoms with Crippen LogP contribution in [0.2, 0.25) is 0 Å². The van der Waals surface area contributed by atoms with Crippen LogP contribution in [0.15, 0.2) is 66.9 Å². The third-order valence-electron chi connectivity index (χ3n) is 8.88. The Morgan fingerprint density at radius 1 is 0.851 bits per heavy atom. The molecule has 244 valence electrons. The summed E-state index contributed by atoms with van der Waals surface area (Å²) < 4.78 is 87.2. The van der Waals surface area contributed by atoms with Crippen molar-refractivity contribution in [3.8, 4) is 22.3 Å². The van der Waals surface area contributed by atoms with E-state index in [0.29, 0.717) is 30.7 Å². The van der Waals surface area contributed by atoms with Crippen LogP contribution in [-0.4, -0.2) is 33.1 Å². The first kappa shape index (κ1) is 32.1. The Balaban J connectivity index is 1.39. The lowest BCUT2D eigenvalue weighted by Crippen LogP contribution is -2.31. The van der Waals surface area contributed by atoms with Gasteiger partial charge in [-0.1, -0.05) is 29.8 Å². The molecule has 2 aliphatic rings. The van der Waals surface area contributed by atoms with Crippen LogP contribution < -0.4 is 0 Å². The van der Waals surface area contributed by atoms with Crippen LogP contribution >= 0.6 is 0 Å². The Kier molecular flexibility index (Phi) is 7.80. The van der Waals surface area contributed by atoms with E-state index in [4.69, 9.17) is 4.74 Å². The Morgan fingerprint density at radius 2 is 1.51 bits per heavy atom. The molecule has 6 rings (SSSR count). The number of hydrogen-bond acceptors (Lipinski definition) is 4. The number of aryl methyl sites for hydroxylation is 3. The van der Waals surface area contributed by atoms with E-state index in [1.165, 1.54) is 11.0 Å². The molecule has 0 radical (unpaired) electrons. The van der Waals surface area contributed by atoms with Gasteiger partial charge in [-0.25, -0.2) is 9.59 Å². The molecular formula is C35H28F6N2O4. The van der Waals surface area contributed by atoms with E-state index in [1.807, 2.05) is 38.1 Å². The van der Waals surface area contributed by atoms with E-state index < -0.39 is 53.7 Å². The van der Waals surface area contributed by atoms with Gasteiger partial charge in [0.2, 0.25) is 0 Å². The molecule has 2 aliphatic heterocycles. The minimum Gasteiger partial charge on any atom is -0.478 e. The van der Waals surface area contributed by atoms with Crippen molar-refractivity contribution < 1.29 is 45.8 Å². The second-order valence-corrected chi connectivity index (χ2v) is 12.0. The molecule has 0 saturated carbocycles. The molecule has 12 heteroatoms. The summed E-state index contributed by atoms with van der Waals surface area (Å²) in [5, 5.41) is 9.37. The number of carbonyl (C=O) groups excluding carboxylic acids is 1. The summed E-state index contributed by atoms with van der Waals surface area (Å²) in [4.78, 5) is 30.8. The SMILES string of the molecule is Cc1ccc(-c2cc(-c3ccc(C(=O)O)cc3C)cnc2C)c([C@@H]2CC[C@H]3[C@@H](c4cc(C(F)(F)F)cc(C(F)(F)F)c4)OC(=O)N23)c1. The molecule has 47 heavy (non-hydrogen) atoms. The van der Waals surface area contributed by atoms with E-state index in [-0.39, 0.29) is 17.2 Å². The predicted octanol–water partition coefficient (Wildman–Crippen LogP) is 9.47. The van der Waals surface area contributed by atoms with Gasteiger partial charge in [-0.05, 0) is 97.8 Å². The standard InChI is InChI=1S/C35H28F6N2O4/c1-17-4-6-26(27-14-22(16-42-19(27)3)25-7-5-20(32(44)45)11-18(25)2)28(10-17)29-8-9-30-31(47-33(46)43(29)30)21-12-23(34(36,37)38)15-24(13-21)35(39,40)41/h4-7,10-16,29-31H,8-9H2,1-3H3,(H,44,45)/t29-,30-,31+/m0/s1. The molecule has 1 N–H and O–H groups in total.